The molecule has 0 radical (unpaired) electrons. The lowest BCUT2D eigenvalue weighted by molar-refractivity contribution is -0.132. The Balaban J connectivity index is 1.26. The number of nitrogens with zero attached hydrogens (tertiary/aromatic N) is 2. The Kier molecular flexibility index (Phi) is 7.99. The third-order valence-electron chi connectivity index (χ3n) is 5.69. The number of hydrogen-bond donors (Lipinski definition) is 2. The van der Waals surface area contributed by atoms with Crippen LogP contribution in [-0.2, 0) is 9.59 Å². The zero-order chi connectivity index (χ0) is 23.9. The van der Waals surface area contributed by atoms with Gasteiger partial charge in [-0.1, -0.05) is 24.3 Å². The summed E-state index contributed by atoms with van der Waals surface area (Å²) in [5, 5.41) is 7.99. The molecule has 2 amide bonds. The number of rotatable bonds is 8. The maximum Gasteiger partial charge on any atom is 0.238 e. The van der Waals surface area contributed by atoms with Crippen molar-refractivity contribution in [3.8, 4) is 0 Å². The van der Waals surface area contributed by atoms with Crippen molar-refractivity contribution in [2.45, 2.75) is 6.04 Å². The number of thiophene rings is 1. The van der Waals surface area contributed by atoms with Gasteiger partial charge in [-0.05, 0) is 47.3 Å². The van der Waals surface area contributed by atoms with Crippen LogP contribution in [0.2, 0.25) is 0 Å². The normalized spacial score (nSPS) is 15.2. The summed E-state index contributed by atoms with van der Waals surface area (Å²) < 4.78 is 26.6. The summed E-state index contributed by atoms with van der Waals surface area (Å²) in [5.41, 5.74) is 1.32. The molecule has 1 aliphatic heterocycles. The first-order chi connectivity index (χ1) is 16.5. The van der Waals surface area contributed by atoms with E-state index in [9.17, 15) is 18.4 Å². The van der Waals surface area contributed by atoms with Crippen LogP contribution in [0.15, 0.2) is 66.0 Å². The number of amides is 2. The van der Waals surface area contributed by atoms with E-state index in [-0.39, 0.29) is 36.8 Å². The molecule has 0 unspecified atom stereocenters. The van der Waals surface area contributed by atoms with E-state index >= 15 is 0 Å². The van der Waals surface area contributed by atoms with E-state index < -0.39 is 5.82 Å². The average Bonchev–Trinajstić information content (AvgIpc) is 3.35. The Morgan fingerprint density at radius 1 is 0.941 bits per heavy atom. The summed E-state index contributed by atoms with van der Waals surface area (Å²) in [6.45, 7) is 2.53. The van der Waals surface area contributed by atoms with Crippen molar-refractivity contribution in [2.24, 2.45) is 0 Å². The molecule has 0 saturated carbocycles. The second-order valence-corrected chi connectivity index (χ2v) is 9.08. The molecule has 0 aliphatic carbocycles. The van der Waals surface area contributed by atoms with Gasteiger partial charge in [-0.25, -0.2) is 8.78 Å². The maximum absolute atomic E-state index is 13.4. The summed E-state index contributed by atoms with van der Waals surface area (Å²) >= 11 is 1.58. The minimum absolute atomic E-state index is 0.0208. The van der Waals surface area contributed by atoms with Crippen molar-refractivity contribution in [3.05, 3.63) is 88.1 Å². The summed E-state index contributed by atoms with van der Waals surface area (Å²) in [5.74, 6) is -0.941. The highest BCUT2D eigenvalue weighted by Gasteiger charge is 2.24. The number of hydrogen-bond acceptors (Lipinski definition) is 5. The predicted molar refractivity (Wildman–Crippen MR) is 129 cm³/mol. The largest absolute Gasteiger partial charge is 0.339 e. The zero-order valence-electron chi connectivity index (χ0n) is 18.5. The second kappa shape index (κ2) is 11.3. The van der Waals surface area contributed by atoms with E-state index in [4.69, 9.17) is 0 Å². The fraction of sp³-hybridized carbons (Fsp3) is 0.280. The Bertz CT molecular complexity index is 1100. The number of piperazine rings is 1. The molecule has 4 rings (SSSR count). The summed E-state index contributed by atoms with van der Waals surface area (Å²) in [4.78, 5) is 29.9. The molecule has 1 aromatic heterocycles. The molecule has 2 heterocycles. The Morgan fingerprint density at radius 3 is 2.38 bits per heavy atom. The highest BCUT2D eigenvalue weighted by Crippen LogP contribution is 2.26. The molecule has 2 N–H and O–H groups in total. The first-order valence-electron chi connectivity index (χ1n) is 11.1. The fourth-order valence-electron chi connectivity index (χ4n) is 3.92. The fourth-order valence-corrected chi connectivity index (χ4v) is 4.75. The van der Waals surface area contributed by atoms with Gasteiger partial charge >= 0.3 is 0 Å². The molecule has 0 bridgehead atoms. The Hall–Kier alpha value is -3.14. The topological polar surface area (TPSA) is 64.7 Å². The number of benzene rings is 2. The number of anilines is 1. The van der Waals surface area contributed by atoms with E-state index in [0.717, 1.165) is 10.4 Å². The minimum Gasteiger partial charge on any atom is -0.339 e. The van der Waals surface area contributed by atoms with Crippen LogP contribution in [0.5, 0.6) is 0 Å². The number of carbonyl (C=O) groups is 2. The lowest BCUT2D eigenvalue weighted by atomic mass is 10.1. The van der Waals surface area contributed by atoms with Gasteiger partial charge in [-0.2, -0.15) is 0 Å². The number of nitrogens with one attached hydrogen (secondary N) is 2. The van der Waals surface area contributed by atoms with Crippen molar-refractivity contribution in [3.63, 3.8) is 0 Å². The van der Waals surface area contributed by atoms with Gasteiger partial charge in [0.2, 0.25) is 11.8 Å². The molecule has 1 aliphatic rings. The molecule has 1 saturated heterocycles. The van der Waals surface area contributed by atoms with E-state index in [1.807, 2.05) is 22.4 Å². The van der Waals surface area contributed by atoms with E-state index in [1.54, 1.807) is 40.5 Å². The molecule has 6 nitrogen and oxygen atoms in total. The minimum atomic E-state index is -0.403. The standard InChI is InChI=1S/C25H26F2N4O2S/c26-19-8-6-18(7-9-19)25(22-5-2-14-34-22)28-16-24(33)31-12-10-30(11-13-31)17-23(32)29-21-4-1-3-20(27)15-21/h1-9,14-15,25,28H,10-13,16-17H2,(H,29,32)/t25-/m1/s1. The Labute approximate surface area is 201 Å². The van der Waals surface area contributed by atoms with Crippen molar-refractivity contribution < 1.29 is 18.4 Å². The SMILES string of the molecule is O=C(CN1CCN(C(=O)CN[C@H](c2ccc(F)cc2)c2cccs2)CC1)Nc1cccc(F)c1. The highest BCUT2D eigenvalue weighted by molar-refractivity contribution is 7.10. The van der Waals surface area contributed by atoms with Crippen LogP contribution in [0.3, 0.4) is 0 Å². The van der Waals surface area contributed by atoms with Crippen molar-refractivity contribution in [1.29, 1.82) is 0 Å². The lowest BCUT2D eigenvalue weighted by Gasteiger charge is -2.34. The molecular weight excluding hydrogens is 458 g/mol. The van der Waals surface area contributed by atoms with Gasteiger partial charge in [-0.15, -0.1) is 11.3 Å². The van der Waals surface area contributed by atoms with Crippen LogP contribution < -0.4 is 10.6 Å². The van der Waals surface area contributed by atoms with Crippen molar-refractivity contribution >= 4 is 28.8 Å². The highest BCUT2D eigenvalue weighted by atomic mass is 32.1. The molecular formula is C25H26F2N4O2S. The van der Waals surface area contributed by atoms with Crippen LogP contribution in [0.25, 0.3) is 0 Å². The van der Waals surface area contributed by atoms with Crippen LogP contribution in [-0.4, -0.2) is 60.9 Å². The molecule has 1 fully saturated rings. The quantitative estimate of drug-likeness (QED) is 0.514. The van der Waals surface area contributed by atoms with E-state index in [1.165, 1.54) is 24.3 Å². The summed E-state index contributed by atoms with van der Waals surface area (Å²) in [6, 6.07) is 15.8. The number of halogens is 2. The second-order valence-electron chi connectivity index (χ2n) is 8.10. The smallest absolute Gasteiger partial charge is 0.238 e. The molecule has 0 spiro atoms. The third kappa shape index (κ3) is 6.47. The van der Waals surface area contributed by atoms with Gasteiger partial charge in [0, 0.05) is 36.7 Å². The van der Waals surface area contributed by atoms with Crippen LogP contribution in [0.1, 0.15) is 16.5 Å². The van der Waals surface area contributed by atoms with Gasteiger partial charge in [0.15, 0.2) is 0 Å². The van der Waals surface area contributed by atoms with Gasteiger partial charge in [0.05, 0.1) is 19.1 Å². The zero-order valence-corrected chi connectivity index (χ0v) is 19.4. The van der Waals surface area contributed by atoms with Crippen molar-refractivity contribution in [2.75, 3.05) is 44.6 Å². The molecule has 178 valence electrons. The van der Waals surface area contributed by atoms with Crippen LogP contribution in [0.4, 0.5) is 14.5 Å². The molecule has 3 aromatic rings. The van der Waals surface area contributed by atoms with Gasteiger partial charge in [0.25, 0.3) is 0 Å². The van der Waals surface area contributed by atoms with Gasteiger partial charge < -0.3 is 10.2 Å². The molecule has 2 aromatic carbocycles. The Morgan fingerprint density at radius 2 is 1.71 bits per heavy atom. The van der Waals surface area contributed by atoms with Crippen LogP contribution >= 0.6 is 11.3 Å². The van der Waals surface area contributed by atoms with Gasteiger partial charge in [0.1, 0.15) is 11.6 Å². The predicted octanol–water partition coefficient (Wildman–Crippen LogP) is 3.49. The third-order valence-corrected chi connectivity index (χ3v) is 6.63. The van der Waals surface area contributed by atoms with E-state index in [0.29, 0.717) is 31.9 Å². The summed E-state index contributed by atoms with van der Waals surface area (Å²) in [6.07, 6.45) is 0. The van der Waals surface area contributed by atoms with Crippen LogP contribution in [0, 0.1) is 11.6 Å². The van der Waals surface area contributed by atoms with E-state index in [2.05, 4.69) is 10.6 Å². The molecule has 1 atom stereocenters. The van der Waals surface area contributed by atoms with Crippen molar-refractivity contribution in [1.82, 2.24) is 15.1 Å². The monoisotopic (exact) mass is 484 g/mol. The first-order valence-corrected chi connectivity index (χ1v) is 11.9. The van der Waals surface area contributed by atoms with Gasteiger partial charge in [-0.3, -0.25) is 19.8 Å². The average molecular weight is 485 g/mol. The number of carbonyl (C=O) groups excluding carboxylic acids is 2. The lowest BCUT2D eigenvalue weighted by Crippen LogP contribution is -2.52. The maximum atomic E-state index is 13.4. The molecule has 34 heavy (non-hydrogen) atoms. The summed E-state index contributed by atoms with van der Waals surface area (Å²) in [7, 11) is 0. The first kappa shape index (κ1) is 24.0. The molecule has 9 heteroatoms.